The molecule has 0 aliphatic heterocycles. The molecular weight excluding hydrogens is 314 g/mol. The maximum atomic E-state index is 9.36. The van der Waals surface area contributed by atoms with Gasteiger partial charge in [-0.3, -0.25) is 4.57 Å². The second-order valence-electron chi connectivity index (χ2n) is 5.95. The third kappa shape index (κ3) is 2.34. The van der Waals surface area contributed by atoms with Gasteiger partial charge in [0.2, 0.25) is 5.95 Å². The molecule has 0 fully saturated rings. The van der Waals surface area contributed by atoms with E-state index in [4.69, 9.17) is 16.1 Å². The van der Waals surface area contributed by atoms with Crippen molar-refractivity contribution in [1.29, 1.82) is 10.5 Å². The molecule has 0 amide bonds. The second-order valence-corrected chi connectivity index (χ2v) is 5.95. The van der Waals surface area contributed by atoms with Crippen LogP contribution in [0.2, 0.25) is 0 Å². The van der Waals surface area contributed by atoms with Gasteiger partial charge in [0.15, 0.2) is 11.4 Å². The Morgan fingerprint density at radius 1 is 1.12 bits per heavy atom. The molecule has 0 atom stereocenters. The molecule has 1 aliphatic carbocycles. The van der Waals surface area contributed by atoms with Crippen molar-refractivity contribution in [3.8, 4) is 17.8 Å². The van der Waals surface area contributed by atoms with Gasteiger partial charge in [0, 0.05) is 5.69 Å². The van der Waals surface area contributed by atoms with E-state index in [1.807, 2.05) is 47.2 Å². The Bertz CT molecular complexity index is 1030. The Morgan fingerprint density at radius 3 is 2.64 bits per heavy atom. The number of rotatable bonds is 3. The van der Waals surface area contributed by atoms with Gasteiger partial charge in [-0.1, -0.05) is 18.2 Å². The number of para-hydroxylation sites is 1. The van der Waals surface area contributed by atoms with Gasteiger partial charge in [-0.25, -0.2) is 9.67 Å². The first kappa shape index (κ1) is 15.0. The van der Waals surface area contributed by atoms with E-state index >= 15 is 0 Å². The van der Waals surface area contributed by atoms with Crippen LogP contribution in [0, 0.1) is 22.7 Å². The van der Waals surface area contributed by atoms with Gasteiger partial charge >= 0.3 is 0 Å². The summed E-state index contributed by atoms with van der Waals surface area (Å²) >= 11 is 0. The Kier molecular flexibility index (Phi) is 3.48. The minimum absolute atomic E-state index is 0.0548. The fraction of sp³-hybridized carbons (Fsp3) is 0.222. The summed E-state index contributed by atoms with van der Waals surface area (Å²) in [6.45, 7) is 0.339. The van der Waals surface area contributed by atoms with Crippen LogP contribution in [-0.4, -0.2) is 19.3 Å². The molecule has 25 heavy (non-hydrogen) atoms. The highest BCUT2D eigenvalue weighted by atomic mass is 15.3. The monoisotopic (exact) mass is 329 g/mol. The zero-order chi connectivity index (χ0) is 17.4. The predicted molar refractivity (Wildman–Crippen MR) is 90.8 cm³/mol. The molecule has 4 rings (SSSR count). The summed E-state index contributed by atoms with van der Waals surface area (Å²) in [5.41, 5.74) is 10.5. The zero-order valence-corrected chi connectivity index (χ0v) is 13.5. The average molecular weight is 329 g/mol. The summed E-state index contributed by atoms with van der Waals surface area (Å²) < 4.78 is 3.54. The molecule has 7 heteroatoms. The molecule has 1 aromatic carbocycles. The first-order chi connectivity index (χ1) is 12.2. The lowest BCUT2D eigenvalue weighted by molar-refractivity contribution is 0.715. The normalized spacial score (nSPS) is 12.6. The minimum Gasteiger partial charge on any atom is -0.369 e. The number of nitrogens with two attached hydrogens (primary N) is 1. The van der Waals surface area contributed by atoms with E-state index in [1.165, 1.54) is 11.3 Å². The fourth-order valence-corrected chi connectivity index (χ4v) is 3.39. The van der Waals surface area contributed by atoms with Gasteiger partial charge in [-0.05, 0) is 37.0 Å². The summed E-state index contributed by atoms with van der Waals surface area (Å²) in [7, 11) is 0. The van der Waals surface area contributed by atoms with E-state index in [2.05, 4.69) is 4.98 Å². The van der Waals surface area contributed by atoms with Gasteiger partial charge in [0.1, 0.15) is 12.1 Å². The van der Waals surface area contributed by atoms with Crippen molar-refractivity contribution in [3.05, 3.63) is 58.7 Å². The quantitative estimate of drug-likeness (QED) is 0.789. The topological polar surface area (TPSA) is 109 Å². The first-order valence-corrected chi connectivity index (χ1v) is 8.04. The van der Waals surface area contributed by atoms with E-state index in [9.17, 15) is 5.26 Å². The number of imidazole rings is 1. The number of anilines is 1. The van der Waals surface area contributed by atoms with Gasteiger partial charge in [0.25, 0.3) is 0 Å². The molecule has 2 aromatic heterocycles. The molecule has 7 nitrogen and oxygen atoms in total. The predicted octanol–water partition coefficient (Wildman–Crippen LogP) is 1.93. The average Bonchev–Trinajstić information content (AvgIpc) is 3.31. The van der Waals surface area contributed by atoms with Crippen LogP contribution in [0.4, 0.5) is 5.95 Å². The lowest BCUT2D eigenvalue weighted by atomic mass is 10.2. The molecule has 0 bridgehead atoms. The van der Waals surface area contributed by atoms with Crippen LogP contribution < -0.4 is 5.73 Å². The van der Waals surface area contributed by atoms with Gasteiger partial charge in [0.05, 0.1) is 17.9 Å². The zero-order valence-electron chi connectivity index (χ0n) is 13.5. The molecule has 0 unspecified atom stereocenters. The summed E-state index contributed by atoms with van der Waals surface area (Å²) in [6.07, 6.45) is 3.02. The largest absolute Gasteiger partial charge is 0.369 e. The molecular formula is C18H15N7. The van der Waals surface area contributed by atoms with Crippen LogP contribution in [0.1, 0.15) is 34.8 Å². The Morgan fingerprint density at radius 2 is 1.92 bits per heavy atom. The van der Waals surface area contributed by atoms with E-state index in [0.717, 1.165) is 30.6 Å². The fourth-order valence-electron chi connectivity index (χ4n) is 3.39. The van der Waals surface area contributed by atoms with Crippen molar-refractivity contribution in [3.63, 3.8) is 0 Å². The van der Waals surface area contributed by atoms with Crippen molar-refractivity contribution in [2.45, 2.75) is 25.8 Å². The number of fused-ring (bicyclic) bond motifs is 1. The van der Waals surface area contributed by atoms with Crippen LogP contribution in [0.15, 0.2) is 30.3 Å². The van der Waals surface area contributed by atoms with Crippen molar-refractivity contribution in [2.24, 2.45) is 0 Å². The summed E-state index contributed by atoms with van der Waals surface area (Å²) in [4.78, 5) is 3.98. The van der Waals surface area contributed by atoms with E-state index in [-0.39, 0.29) is 17.3 Å². The number of benzene rings is 1. The molecule has 2 N–H and O–H groups in total. The van der Waals surface area contributed by atoms with Gasteiger partial charge in [-0.2, -0.15) is 15.6 Å². The summed E-state index contributed by atoms with van der Waals surface area (Å²) in [6, 6.07) is 13.9. The highest BCUT2D eigenvalue weighted by Gasteiger charge is 2.25. The van der Waals surface area contributed by atoms with Gasteiger partial charge in [-0.15, -0.1) is 0 Å². The lowest BCUT2D eigenvalue weighted by Gasteiger charge is -2.06. The number of aromatic nitrogens is 4. The van der Waals surface area contributed by atoms with Crippen LogP contribution in [-0.2, 0) is 19.4 Å². The van der Waals surface area contributed by atoms with E-state index in [0.29, 0.717) is 6.54 Å². The number of nitrogens with zero attached hydrogens (tertiary/aromatic N) is 6. The molecule has 122 valence electrons. The standard InChI is InChI=1S/C18H15N7/c19-9-14-17(10-20)24(18(21)22-14)11-15-13-7-4-8-16(13)25(23-15)12-5-2-1-3-6-12/h1-3,5-6H,4,7-8,11H2,(H2,21,22). The summed E-state index contributed by atoms with van der Waals surface area (Å²) in [5.74, 6) is 0.161. The lowest BCUT2D eigenvalue weighted by Crippen LogP contribution is -2.09. The van der Waals surface area contributed by atoms with Crippen molar-refractivity contribution in [2.75, 3.05) is 5.73 Å². The number of nitrogen functional groups attached to an aromatic ring is 1. The third-order valence-corrected chi connectivity index (χ3v) is 4.53. The molecule has 3 aromatic rings. The maximum Gasteiger partial charge on any atom is 0.202 e. The van der Waals surface area contributed by atoms with Crippen LogP contribution in [0.3, 0.4) is 0 Å². The van der Waals surface area contributed by atoms with E-state index < -0.39 is 0 Å². The molecule has 0 spiro atoms. The Hall–Kier alpha value is -3.58. The number of hydrogen-bond acceptors (Lipinski definition) is 5. The molecule has 1 aliphatic rings. The molecule has 0 saturated carbocycles. The maximum absolute atomic E-state index is 9.36. The van der Waals surface area contributed by atoms with Crippen molar-refractivity contribution >= 4 is 5.95 Å². The second kappa shape index (κ2) is 5.81. The van der Waals surface area contributed by atoms with Crippen LogP contribution in [0.25, 0.3) is 5.69 Å². The highest BCUT2D eigenvalue weighted by molar-refractivity contribution is 5.45. The number of nitriles is 2. The Labute approximate surface area is 144 Å². The van der Waals surface area contributed by atoms with Crippen LogP contribution in [0.5, 0.6) is 0 Å². The van der Waals surface area contributed by atoms with Crippen molar-refractivity contribution in [1.82, 2.24) is 19.3 Å². The van der Waals surface area contributed by atoms with Gasteiger partial charge < -0.3 is 5.73 Å². The third-order valence-electron chi connectivity index (χ3n) is 4.53. The molecule has 0 radical (unpaired) electrons. The first-order valence-electron chi connectivity index (χ1n) is 8.04. The molecule has 2 heterocycles. The highest BCUT2D eigenvalue weighted by Crippen LogP contribution is 2.29. The Balaban J connectivity index is 1.80. The van der Waals surface area contributed by atoms with Crippen molar-refractivity contribution < 1.29 is 0 Å². The smallest absolute Gasteiger partial charge is 0.202 e. The van der Waals surface area contributed by atoms with Crippen LogP contribution >= 0.6 is 0 Å². The van der Waals surface area contributed by atoms with E-state index in [1.54, 1.807) is 4.57 Å². The minimum atomic E-state index is 0.0548. The summed E-state index contributed by atoms with van der Waals surface area (Å²) in [5, 5.41) is 23.2. The molecule has 0 saturated heterocycles. The number of hydrogen-bond donors (Lipinski definition) is 1. The SMILES string of the molecule is N#Cc1nc(N)n(Cc2nn(-c3ccccc3)c3c2CCC3)c1C#N.